The van der Waals surface area contributed by atoms with Crippen LogP contribution in [-0.2, 0) is 4.79 Å². The van der Waals surface area contributed by atoms with Gasteiger partial charge in [0.25, 0.3) is 5.91 Å². The van der Waals surface area contributed by atoms with Gasteiger partial charge in [0.15, 0.2) is 5.84 Å². The molecule has 0 spiro atoms. The molecule has 96 valence electrons. The van der Waals surface area contributed by atoms with Crippen LogP contribution < -0.4 is 0 Å². The van der Waals surface area contributed by atoms with E-state index in [0.29, 0.717) is 11.5 Å². The van der Waals surface area contributed by atoms with E-state index in [-0.39, 0.29) is 17.3 Å². The van der Waals surface area contributed by atoms with Crippen LogP contribution in [0.2, 0.25) is 0 Å². The minimum Gasteiger partial charge on any atom is -0.465 e. The molecule has 0 radical (unpaired) electrons. The summed E-state index contributed by atoms with van der Waals surface area (Å²) in [6, 6.07) is 5.42. The second-order valence-electron chi connectivity index (χ2n) is 4.22. The van der Waals surface area contributed by atoms with Gasteiger partial charge in [0.1, 0.15) is 23.3 Å². The standard InChI is InChI=1S/C15H9N3O2/c16-9-10(8-11-4-3-7-20-11)14-17-13-6-2-1-5-12(13)15(19)18-14/h1-8,12H/b10-8-. The molecule has 1 unspecified atom stereocenters. The fraction of sp³-hybridized carbons (Fsp3) is 0.0667. The summed E-state index contributed by atoms with van der Waals surface area (Å²) < 4.78 is 5.15. The lowest BCUT2D eigenvalue weighted by Gasteiger charge is -2.17. The predicted octanol–water partition coefficient (Wildman–Crippen LogP) is 2.31. The number of carbonyl (C=O) groups excluding carboxylic acids is 1. The summed E-state index contributed by atoms with van der Waals surface area (Å²) >= 11 is 0. The van der Waals surface area contributed by atoms with E-state index in [1.807, 2.05) is 6.07 Å². The molecule has 0 saturated carbocycles. The van der Waals surface area contributed by atoms with Crippen molar-refractivity contribution >= 4 is 23.5 Å². The number of amides is 1. The maximum atomic E-state index is 11.9. The van der Waals surface area contributed by atoms with Crippen molar-refractivity contribution in [3.8, 4) is 6.07 Å². The Morgan fingerprint density at radius 1 is 1.40 bits per heavy atom. The molecule has 3 rings (SSSR count). The van der Waals surface area contributed by atoms with Gasteiger partial charge in [-0.25, -0.2) is 4.99 Å². The lowest BCUT2D eigenvalue weighted by Crippen LogP contribution is -2.27. The maximum absolute atomic E-state index is 11.9. The van der Waals surface area contributed by atoms with E-state index in [9.17, 15) is 10.1 Å². The van der Waals surface area contributed by atoms with Crippen LogP contribution in [0.1, 0.15) is 5.76 Å². The van der Waals surface area contributed by atoms with Gasteiger partial charge in [-0.05, 0) is 18.2 Å². The van der Waals surface area contributed by atoms with Crippen LogP contribution in [0.5, 0.6) is 0 Å². The number of amidine groups is 1. The number of carbonyl (C=O) groups is 1. The number of fused-ring (bicyclic) bond motifs is 1. The van der Waals surface area contributed by atoms with Crippen LogP contribution in [0.25, 0.3) is 6.08 Å². The number of nitriles is 1. The van der Waals surface area contributed by atoms with Crippen LogP contribution in [0, 0.1) is 17.2 Å². The third-order valence-electron chi connectivity index (χ3n) is 2.91. The summed E-state index contributed by atoms with van der Waals surface area (Å²) in [4.78, 5) is 20.1. The van der Waals surface area contributed by atoms with Gasteiger partial charge in [0.05, 0.1) is 12.0 Å². The van der Waals surface area contributed by atoms with Gasteiger partial charge in [-0.3, -0.25) is 4.79 Å². The number of rotatable bonds is 2. The molecule has 2 heterocycles. The zero-order valence-electron chi connectivity index (χ0n) is 10.4. The zero-order valence-corrected chi connectivity index (χ0v) is 10.4. The summed E-state index contributed by atoms with van der Waals surface area (Å²) in [7, 11) is 0. The van der Waals surface area contributed by atoms with Crippen LogP contribution in [0.4, 0.5) is 0 Å². The summed E-state index contributed by atoms with van der Waals surface area (Å²) in [5, 5.41) is 9.21. The lowest BCUT2D eigenvalue weighted by molar-refractivity contribution is -0.118. The topological polar surface area (TPSA) is 78.7 Å². The second-order valence-corrected chi connectivity index (χ2v) is 4.22. The first kappa shape index (κ1) is 12.1. The molecule has 0 fully saturated rings. The molecule has 1 atom stereocenters. The first-order valence-electron chi connectivity index (χ1n) is 5.99. The van der Waals surface area contributed by atoms with Crippen molar-refractivity contribution < 1.29 is 9.21 Å². The first-order chi connectivity index (χ1) is 9.78. The number of hydrogen-bond donors (Lipinski definition) is 0. The highest BCUT2D eigenvalue weighted by Gasteiger charge is 2.27. The summed E-state index contributed by atoms with van der Waals surface area (Å²) in [5.41, 5.74) is 0.797. The van der Waals surface area contributed by atoms with Crippen LogP contribution in [0.3, 0.4) is 0 Å². The highest BCUT2D eigenvalue weighted by molar-refractivity contribution is 6.25. The van der Waals surface area contributed by atoms with Gasteiger partial charge in [0, 0.05) is 6.08 Å². The molecular weight excluding hydrogens is 254 g/mol. The van der Waals surface area contributed by atoms with Gasteiger partial charge in [-0.1, -0.05) is 18.2 Å². The second kappa shape index (κ2) is 4.94. The Hall–Kier alpha value is -3.00. The normalized spacial score (nSPS) is 21.1. The van der Waals surface area contributed by atoms with Crippen LogP contribution >= 0.6 is 0 Å². The quantitative estimate of drug-likeness (QED) is 0.768. The lowest BCUT2D eigenvalue weighted by atomic mass is 9.96. The van der Waals surface area contributed by atoms with Gasteiger partial charge in [-0.2, -0.15) is 10.3 Å². The Bertz CT molecular complexity index is 741. The molecule has 0 bridgehead atoms. The van der Waals surface area contributed by atoms with Crippen LogP contribution in [0.15, 0.2) is 62.7 Å². The van der Waals surface area contributed by atoms with Crippen molar-refractivity contribution in [2.45, 2.75) is 0 Å². The number of allylic oxidation sites excluding steroid dienone is 3. The molecule has 5 heteroatoms. The first-order valence-corrected chi connectivity index (χ1v) is 5.99. The third-order valence-corrected chi connectivity index (χ3v) is 2.91. The molecule has 1 aliphatic carbocycles. The van der Waals surface area contributed by atoms with Crippen molar-refractivity contribution in [1.82, 2.24) is 0 Å². The average Bonchev–Trinajstić information content (AvgIpc) is 2.97. The Labute approximate surface area is 115 Å². The van der Waals surface area contributed by atoms with Gasteiger partial charge in [0.2, 0.25) is 0 Å². The molecule has 0 aromatic carbocycles. The van der Waals surface area contributed by atoms with E-state index in [0.717, 1.165) is 0 Å². The molecule has 2 aliphatic rings. The van der Waals surface area contributed by atoms with Crippen molar-refractivity contribution in [3.63, 3.8) is 0 Å². The Morgan fingerprint density at radius 2 is 2.30 bits per heavy atom. The monoisotopic (exact) mass is 263 g/mol. The highest BCUT2D eigenvalue weighted by atomic mass is 16.3. The van der Waals surface area contributed by atoms with E-state index in [1.54, 1.807) is 36.4 Å². The van der Waals surface area contributed by atoms with E-state index < -0.39 is 5.92 Å². The van der Waals surface area contributed by atoms with E-state index in [2.05, 4.69) is 9.98 Å². The third kappa shape index (κ3) is 2.15. The van der Waals surface area contributed by atoms with Crippen molar-refractivity contribution in [3.05, 3.63) is 54.0 Å². The molecule has 0 N–H and O–H groups in total. The van der Waals surface area contributed by atoms with E-state index >= 15 is 0 Å². The Kier molecular flexibility index (Phi) is 2.98. The van der Waals surface area contributed by atoms with Gasteiger partial charge in [-0.15, -0.1) is 0 Å². The SMILES string of the molecule is N#C/C(=C/c1ccco1)C1=NC(=O)C2C=CC=CC2=N1. The largest absolute Gasteiger partial charge is 0.465 e. The minimum absolute atomic E-state index is 0.125. The number of nitrogens with zero attached hydrogens (tertiary/aromatic N) is 3. The van der Waals surface area contributed by atoms with Gasteiger partial charge >= 0.3 is 0 Å². The molecule has 20 heavy (non-hydrogen) atoms. The molecular formula is C15H9N3O2. The number of aliphatic imine (C=N–C) groups is 2. The highest BCUT2D eigenvalue weighted by Crippen LogP contribution is 2.19. The fourth-order valence-corrected chi connectivity index (χ4v) is 1.95. The summed E-state index contributed by atoms with van der Waals surface area (Å²) in [6.07, 6.45) is 10.1. The molecule has 1 aliphatic heterocycles. The van der Waals surface area contributed by atoms with Crippen molar-refractivity contribution in [2.75, 3.05) is 0 Å². The fourth-order valence-electron chi connectivity index (χ4n) is 1.95. The van der Waals surface area contributed by atoms with Crippen LogP contribution in [-0.4, -0.2) is 17.5 Å². The number of hydrogen-bond acceptors (Lipinski definition) is 4. The maximum Gasteiger partial charge on any atom is 0.260 e. The molecule has 1 aromatic rings. The average molecular weight is 263 g/mol. The van der Waals surface area contributed by atoms with E-state index in [4.69, 9.17) is 4.42 Å². The Morgan fingerprint density at radius 3 is 3.05 bits per heavy atom. The molecule has 0 saturated heterocycles. The zero-order chi connectivity index (χ0) is 13.9. The number of furan rings is 1. The van der Waals surface area contributed by atoms with Crippen molar-refractivity contribution in [2.24, 2.45) is 15.9 Å². The van der Waals surface area contributed by atoms with Gasteiger partial charge < -0.3 is 4.42 Å². The predicted molar refractivity (Wildman–Crippen MR) is 73.9 cm³/mol. The molecule has 1 aromatic heterocycles. The molecule has 5 nitrogen and oxygen atoms in total. The Balaban J connectivity index is 2.00. The smallest absolute Gasteiger partial charge is 0.260 e. The van der Waals surface area contributed by atoms with Crippen molar-refractivity contribution in [1.29, 1.82) is 5.26 Å². The summed E-state index contributed by atoms with van der Waals surface area (Å²) in [5.74, 6) is -0.114. The molecule has 1 amide bonds. The minimum atomic E-state index is -0.438. The summed E-state index contributed by atoms with van der Waals surface area (Å²) in [6.45, 7) is 0. The van der Waals surface area contributed by atoms with E-state index in [1.165, 1.54) is 12.3 Å².